The van der Waals surface area contributed by atoms with Crippen molar-refractivity contribution in [1.29, 1.82) is 0 Å². The lowest BCUT2D eigenvalue weighted by atomic mass is 10.0. The highest BCUT2D eigenvalue weighted by Crippen LogP contribution is 2.08. The zero-order chi connectivity index (χ0) is 13.0. The van der Waals surface area contributed by atoms with Gasteiger partial charge in [-0.3, -0.25) is 0 Å². The zero-order valence-electron chi connectivity index (χ0n) is 11.1. The van der Waals surface area contributed by atoms with Crippen LogP contribution in [0.15, 0.2) is 0 Å². The minimum absolute atomic E-state index is 0.167. The summed E-state index contributed by atoms with van der Waals surface area (Å²) in [4.78, 5) is 0. The number of rotatable bonds is 1. The third kappa shape index (κ3) is 23.5. The van der Waals surface area contributed by atoms with E-state index >= 15 is 0 Å². The van der Waals surface area contributed by atoms with Crippen LogP contribution < -0.4 is 28.3 Å². The molecule has 0 saturated carbocycles. The molecule has 9 N–H and O–H groups in total. The molecule has 1 aliphatic rings. The molecular weight excluding hydrogens is 202 g/mol. The number of hydrogen-bond donors (Lipinski definition) is 5. The molecule has 0 aromatic rings. The maximum absolute atomic E-state index is 4.89. The van der Waals surface area contributed by atoms with Gasteiger partial charge in [-0.1, -0.05) is 13.3 Å². The molecule has 0 spiro atoms. The Labute approximate surface area is 100 Å². The third-order valence-electron chi connectivity index (χ3n) is 1.91. The van der Waals surface area contributed by atoms with Crippen LogP contribution in [0.3, 0.4) is 0 Å². The lowest BCUT2D eigenvalue weighted by Crippen LogP contribution is -2.32. The first kappa shape index (κ1) is 18.2. The molecule has 0 aromatic carbocycles. The van der Waals surface area contributed by atoms with Crippen molar-refractivity contribution in [2.45, 2.75) is 64.8 Å². The largest absolute Gasteiger partial charge is 0.316 e. The molecule has 5 heteroatoms. The normalized spacial score (nSPS) is 19.7. The average Bonchev–Trinajstić information content (AvgIpc) is 2.17. The summed E-state index contributed by atoms with van der Waals surface area (Å²) >= 11 is 0. The van der Waals surface area contributed by atoms with E-state index in [1.165, 1.54) is 32.2 Å². The second-order valence-electron chi connectivity index (χ2n) is 4.27. The summed E-state index contributed by atoms with van der Waals surface area (Å²) in [6.45, 7) is 6.95. The Morgan fingerprint density at radius 2 is 1.50 bits per heavy atom. The molecule has 1 unspecified atom stereocenters. The number of hydrogen-bond acceptors (Lipinski definition) is 5. The second-order valence-corrected chi connectivity index (χ2v) is 4.27. The average molecular weight is 233 g/mol. The van der Waals surface area contributed by atoms with Gasteiger partial charge in [0.15, 0.2) is 0 Å². The van der Waals surface area contributed by atoms with E-state index in [1.807, 2.05) is 0 Å². The van der Waals surface area contributed by atoms with Crippen molar-refractivity contribution >= 4 is 0 Å². The van der Waals surface area contributed by atoms with Gasteiger partial charge in [0.2, 0.25) is 0 Å². The maximum atomic E-state index is 4.89. The molecule has 1 heterocycles. The molecule has 0 radical (unpaired) electrons. The van der Waals surface area contributed by atoms with Gasteiger partial charge < -0.3 is 28.3 Å². The molecule has 0 amide bonds. The van der Waals surface area contributed by atoms with Crippen LogP contribution in [0.2, 0.25) is 0 Å². The number of piperidine rings is 1. The fourth-order valence-electron chi connectivity index (χ4n) is 1.27. The van der Waals surface area contributed by atoms with Crippen LogP contribution in [0.4, 0.5) is 0 Å². The summed E-state index contributed by atoms with van der Waals surface area (Å²) in [5, 5.41) is 3.47. The minimum Gasteiger partial charge on any atom is -0.316 e. The first-order valence-corrected chi connectivity index (χ1v) is 6.15. The molecule has 1 atom stereocenters. The van der Waals surface area contributed by atoms with E-state index in [0.29, 0.717) is 0 Å². The quantitative estimate of drug-likeness (QED) is 0.410. The van der Waals surface area contributed by atoms with Crippen LogP contribution in [0.5, 0.6) is 0 Å². The van der Waals surface area contributed by atoms with Crippen molar-refractivity contribution in [3.8, 4) is 0 Å². The van der Waals surface area contributed by atoms with Crippen LogP contribution in [0.1, 0.15) is 46.5 Å². The van der Waals surface area contributed by atoms with Gasteiger partial charge in [0.25, 0.3) is 0 Å². The molecule has 0 aliphatic carbocycles. The van der Waals surface area contributed by atoms with Crippen molar-refractivity contribution in [2.24, 2.45) is 22.9 Å². The zero-order valence-corrected chi connectivity index (χ0v) is 11.1. The predicted molar refractivity (Wildman–Crippen MR) is 71.6 cm³/mol. The Kier molecular flexibility index (Phi) is 14.6. The molecular formula is C11H31N5. The monoisotopic (exact) mass is 233 g/mol. The molecule has 1 aliphatic heterocycles. The highest BCUT2D eigenvalue weighted by molar-refractivity contribution is 4.69. The Morgan fingerprint density at radius 3 is 1.69 bits per heavy atom. The highest BCUT2D eigenvalue weighted by atomic mass is 14.9. The fraction of sp³-hybridized carbons (Fsp3) is 1.00. The van der Waals surface area contributed by atoms with Gasteiger partial charge in [-0.15, -0.1) is 0 Å². The summed E-state index contributed by atoms with van der Waals surface area (Å²) < 4.78 is 0. The van der Waals surface area contributed by atoms with Crippen LogP contribution in [0, 0.1) is 0 Å². The lowest BCUT2D eigenvalue weighted by molar-refractivity contribution is 0.393. The maximum Gasteiger partial charge on any atom is 0.0491 e. The van der Waals surface area contributed by atoms with E-state index in [1.54, 1.807) is 13.8 Å². The van der Waals surface area contributed by atoms with E-state index in [4.69, 9.17) is 22.9 Å². The summed E-state index contributed by atoms with van der Waals surface area (Å²) in [6.07, 6.45) is 5.19. The summed E-state index contributed by atoms with van der Waals surface area (Å²) in [5.41, 5.74) is 19.6. The van der Waals surface area contributed by atoms with Crippen LogP contribution >= 0.6 is 0 Å². The molecule has 100 valence electrons. The van der Waals surface area contributed by atoms with Crippen molar-refractivity contribution in [1.82, 2.24) is 5.32 Å². The van der Waals surface area contributed by atoms with Gasteiger partial charge in [0.1, 0.15) is 0 Å². The van der Waals surface area contributed by atoms with E-state index in [0.717, 1.165) is 6.04 Å². The van der Waals surface area contributed by atoms with Crippen molar-refractivity contribution in [3.63, 3.8) is 0 Å². The van der Waals surface area contributed by atoms with Gasteiger partial charge in [0.05, 0.1) is 0 Å². The van der Waals surface area contributed by atoms with E-state index in [9.17, 15) is 0 Å². The van der Waals surface area contributed by atoms with Crippen molar-refractivity contribution in [2.75, 3.05) is 6.54 Å². The van der Waals surface area contributed by atoms with Crippen LogP contribution in [0.25, 0.3) is 0 Å². The SMILES string of the molecule is CC(N)N.CC(N)N.CCC1CCCCN1. The molecule has 5 nitrogen and oxygen atoms in total. The Balaban J connectivity index is 0. The van der Waals surface area contributed by atoms with Gasteiger partial charge in [-0.25, -0.2) is 0 Å². The predicted octanol–water partition coefficient (Wildman–Crippen LogP) is 0.0381. The molecule has 0 aromatic heterocycles. The first-order chi connectivity index (χ1) is 7.40. The van der Waals surface area contributed by atoms with E-state index in [2.05, 4.69) is 12.2 Å². The summed E-state index contributed by atoms with van der Waals surface area (Å²) in [6, 6.07) is 0.837. The molecule has 1 fully saturated rings. The van der Waals surface area contributed by atoms with Gasteiger partial charge >= 0.3 is 0 Å². The second kappa shape index (κ2) is 12.9. The van der Waals surface area contributed by atoms with Gasteiger partial charge in [-0.2, -0.15) is 0 Å². The highest BCUT2D eigenvalue weighted by Gasteiger charge is 2.08. The van der Waals surface area contributed by atoms with E-state index in [-0.39, 0.29) is 12.3 Å². The van der Waals surface area contributed by atoms with Crippen molar-refractivity contribution in [3.05, 3.63) is 0 Å². The van der Waals surface area contributed by atoms with Crippen molar-refractivity contribution < 1.29 is 0 Å². The van der Waals surface area contributed by atoms with Crippen LogP contribution in [-0.2, 0) is 0 Å². The number of nitrogens with two attached hydrogens (primary N) is 4. The Morgan fingerprint density at radius 1 is 1.06 bits per heavy atom. The van der Waals surface area contributed by atoms with Gasteiger partial charge in [0, 0.05) is 18.4 Å². The molecule has 1 rings (SSSR count). The fourth-order valence-corrected chi connectivity index (χ4v) is 1.27. The first-order valence-electron chi connectivity index (χ1n) is 6.15. The van der Waals surface area contributed by atoms with Crippen LogP contribution in [-0.4, -0.2) is 24.9 Å². The molecule has 16 heavy (non-hydrogen) atoms. The standard InChI is InChI=1S/C7H15N.2C2H8N2/c1-2-7-5-3-4-6-8-7;2*1-2(3)4/h7-8H,2-6H2,1H3;2*2H,3-4H2,1H3. The molecule has 1 saturated heterocycles. The minimum atomic E-state index is -0.167. The van der Waals surface area contributed by atoms with Gasteiger partial charge in [-0.05, 0) is 39.7 Å². The lowest BCUT2D eigenvalue weighted by Gasteiger charge is -2.21. The number of nitrogens with one attached hydrogen (secondary N) is 1. The summed E-state index contributed by atoms with van der Waals surface area (Å²) in [7, 11) is 0. The smallest absolute Gasteiger partial charge is 0.0491 e. The Hall–Kier alpha value is -0.200. The third-order valence-corrected chi connectivity index (χ3v) is 1.91. The molecule has 0 bridgehead atoms. The topological polar surface area (TPSA) is 116 Å². The van der Waals surface area contributed by atoms with E-state index < -0.39 is 0 Å². The summed E-state index contributed by atoms with van der Waals surface area (Å²) in [5.74, 6) is 0. The Bertz CT molecular complexity index is 110.